The van der Waals surface area contributed by atoms with Crippen LogP contribution in [0.4, 0.5) is 5.69 Å². The molecule has 1 fully saturated rings. The van der Waals surface area contributed by atoms with Gasteiger partial charge in [0.2, 0.25) is 5.91 Å². The molecule has 160 valence electrons. The number of hydrogen-bond donors (Lipinski definition) is 2. The van der Waals surface area contributed by atoms with Gasteiger partial charge in [-0.05, 0) is 59.9 Å². The van der Waals surface area contributed by atoms with E-state index in [1.807, 2.05) is 24.3 Å². The Bertz CT molecular complexity index is 927. The predicted octanol–water partition coefficient (Wildman–Crippen LogP) is 3.77. The van der Waals surface area contributed by atoms with E-state index >= 15 is 0 Å². The van der Waals surface area contributed by atoms with E-state index in [4.69, 9.17) is 0 Å². The number of carbonyl (C=O) groups is 2. The molecule has 2 amide bonds. The molecule has 0 bridgehead atoms. The van der Waals surface area contributed by atoms with E-state index in [9.17, 15) is 9.59 Å². The van der Waals surface area contributed by atoms with Crippen LogP contribution in [0.2, 0.25) is 0 Å². The summed E-state index contributed by atoms with van der Waals surface area (Å²) in [7, 11) is 0. The summed E-state index contributed by atoms with van der Waals surface area (Å²) >= 11 is 1.66. The molecule has 1 unspecified atom stereocenters. The van der Waals surface area contributed by atoms with E-state index in [2.05, 4.69) is 42.4 Å². The highest BCUT2D eigenvalue weighted by atomic mass is 32.1. The maximum absolute atomic E-state index is 12.7. The van der Waals surface area contributed by atoms with E-state index < -0.39 is 0 Å². The van der Waals surface area contributed by atoms with Gasteiger partial charge in [-0.15, -0.1) is 11.3 Å². The summed E-state index contributed by atoms with van der Waals surface area (Å²) < 4.78 is 0. The fourth-order valence-electron chi connectivity index (χ4n) is 4.33. The van der Waals surface area contributed by atoms with Crippen LogP contribution >= 0.6 is 11.3 Å². The van der Waals surface area contributed by atoms with Gasteiger partial charge in [0.25, 0.3) is 5.91 Å². The third-order valence-corrected chi connectivity index (χ3v) is 7.56. The van der Waals surface area contributed by atoms with Gasteiger partial charge < -0.3 is 15.5 Å². The number of fused-ring (bicyclic) bond motifs is 1. The minimum Gasteiger partial charge on any atom is -0.360 e. The molecule has 30 heavy (non-hydrogen) atoms. The Morgan fingerprint density at radius 1 is 1.27 bits per heavy atom. The number of anilines is 1. The van der Waals surface area contributed by atoms with Gasteiger partial charge in [-0.2, -0.15) is 0 Å². The summed E-state index contributed by atoms with van der Waals surface area (Å²) in [6.45, 7) is 9.34. The zero-order valence-electron chi connectivity index (χ0n) is 18.1. The number of benzene rings is 1. The zero-order valence-corrected chi connectivity index (χ0v) is 18.9. The van der Waals surface area contributed by atoms with Gasteiger partial charge in [0, 0.05) is 30.2 Å². The first-order chi connectivity index (χ1) is 14.3. The first-order valence-electron chi connectivity index (χ1n) is 10.8. The van der Waals surface area contributed by atoms with Crippen LogP contribution in [0.5, 0.6) is 0 Å². The molecule has 1 aromatic carbocycles. The molecular formula is C24H31N3O2S. The van der Waals surface area contributed by atoms with Crippen LogP contribution in [0.25, 0.3) is 0 Å². The van der Waals surface area contributed by atoms with Gasteiger partial charge in [-0.1, -0.05) is 32.9 Å². The van der Waals surface area contributed by atoms with Crippen LogP contribution < -0.4 is 15.5 Å². The third kappa shape index (κ3) is 4.69. The molecule has 2 N–H and O–H groups in total. The molecule has 6 heteroatoms. The quantitative estimate of drug-likeness (QED) is 0.784. The molecule has 5 nitrogen and oxygen atoms in total. The molecule has 4 rings (SSSR count). The molecule has 1 aromatic heterocycles. The van der Waals surface area contributed by atoms with Crippen molar-refractivity contribution in [1.29, 1.82) is 0 Å². The minimum absolute atomic E-state index is 0.0125. The summed E-state index contributed by atoms with van der Waals surface area (Å²) in [6.07, 6.45) is 3.38. The highest BCUT2D eigenvalue weighted by Gasteiger charge is 2.30. The summed E-state index contributed by atoms with van der Waals surface area (Å²) in [6, 6.07) is 10.2. The standard InChI is InChI=1S/C24H31N3O2S/c1-24(2,3)18-6-9-20-17(12-18)13-21(30-20)23(29)26-14-16-4-7-19(8-5-16)27-11-10-25-22(28)15-27/h4-5,7-8,13,18H,6,9-12,14-15H2,1-3H3,(H,25,28)(H,26,29). The van der Waals surface area contributed by atoms with E-state index in [1.165, 1.54) is 16.9 Å². The summed E-state index contributed by atoms with van der Waals surface area (Å²) in [5.74, 6) is 0.753. The number of hydrogen-bond acceptors (Lipinski definition) is 4. The van der Waals surface area contributed by atoms with Crippen LogP contribution in [0.3, 0.4) is 0 Å². The van der Waals surface area contributed by atoms with Gasteiger partial charge in [0.05, 0.1) is 11.4 Å². The highest BCUT2D eigenvalue weighted by Crippen LogP contribution is 2.40. The summed E-state index contributed by atoms with van der Waals surface area (Å²) in [4.78, 5) is 28.6. The van der Waals surface area contributed by atoms with Gasteiger partial charge >= 0.3 is 0 Å². The van der Waals surface area contributed by atoms with E-state index in [0.29, 0.717) is 31.0 Å². The van der Waals surface area contributed by atoms with Crippen molar-refractivity contribution in [3.05, 3.63) is 51.2 Å². The van der Waals surface area contributed by atoms with Crippen LogP contribution in [0.15, 0.2) is 30.3 Å². The zero-order chi connectivity index (χ0) is 21.3. The van der Waals surface area contributed by atoms with Crippen LogP contribution in [0, 0.1) is 11.3 Å². The van der Waals surface area contributed by atoms with Crippen molar-refractivity contribution in [2.75, 3.05) is 24.5 Å². The minimum atomic E-state index is 0.0125. The Balaban J connectivity index is 1.34. The SMILES string of the molecule is CC(C)(C)C1CCc2sc(C(=O)NCc3ccc(N4CCNC(=O)C4)cc3)cc2C1. The lowest BCUT2D eigenvalue weighted by Crippen LogP contribution is -2.47. The number of rotatable bonds is 4. The lowest BCUT2D eigenvalue weighted by atomic mass is 9.72. The molecule has 2 aromatic rings. The maximum atomic E-state index is 12.7. The number of nitrogens with one attached hydrogen (secondary N) is 2. The smallest absolute Gasteiger partial charge is 0.261 e. The Morgan fingerprint density at radius 3 is 2.73 bits per heavy atom. The van der Waals surface area contributed by atoms with Gasteiger partial charge in [-0.3, -0.25) is 9.59 Å². The molecule has 1 saturated heterocycles. The van der Waals surface area contributed by atoms with Crippen molar-refractivity contribution in [2.45, 2.75) is 46.6 Å². The molecule has 2 heterocycles. The molecule has 1 atom stereocenters. The fourth-order valence-corrected chi connectivity index (χ4v) is 5.45. The normalized spacial score (nSPS) is 19.2. The van der Waals surface area contributed by atoms with E-state index in [1.54, 1.807) is 11.3 Å². The molecule has 2 aliphatic rings. The van der Waals surface area contributed by atoms with Crippen LogP contribution in [0.1, 0.15) is 52.9 Å². The fraction of sp³-hybridized carbons (Fsp3) is 0.500. The average molecular weight is 426 g/mol. The first kappa shape index (κ1) is 20.9. The second-order valence-corrected chi connectivity index (χ2v) is 10.6. The van der Waals surface area contributed by atoms with E-state index in [-0.39, 0.29) is 11.8 Å². The highest BCUT2D eigenvalue weighted by molar-refractivity contribution is 7.14. The molecule has 0 saturated carbocycles. The number of carbonyl (C=O) groups excluding carboxylic acids is 2. The molecule has 1 aliphatic carbocycles. The Hall–Kier alpha value is -2.34. The maximum Gasteiger partial charge on any atom is 0.261 e. The number of aryl methyl sites for hydroxylation is 1. The van der Waals surface area contributed by atoms with Crippen molar-refractivity contribution < 1.29 is 9.59 Å². The first-order valence-corrected chi connectivity index (χ1v) is 11.6. The molecule has 1 aliphatic heterocycles. The number of nitrogens with zero attached hydrogens (tertiary/aromatic N) is 1. The lowest BCUT2D eigenvalue weighted by Gasteiger charge is -2.33. The Kier molecular flexibility index (Phi) is 5.87. The summed E-state index contributed by atoms with van der Waals surface area (Å²) in [5, 5.41) is 5.91. The van der Waals surface area contributed by atoms with Crippen LogP contribution in [-0.2, 0) is 24.2 Å². The molecular weight excluding hydrogens is 394 g/mol. The second-order valence-electron chi connectivity index (χ2n) is 9.49. The van der Waals surface area contributed by atoms with Crippen molar-refractivity contribution >= 4 is 28.8 Å². The van der Waals surface area contributed by atoms with Crippen LogP contribution in [-0.4, -0.2) is 31.4 Å². The van der Waals surface area contributed by atoms with Crippen molar-refractivity contribution in [2.24, 2.45) is 11.3 Å². The van der Waals surface area contributed by atoms with Crippen molar-refractivity contribution in [1.82, 2.24) is 10.6 Å². The third-order valence-electron chi connectivity index (χ3n) is 6.32. The lowest BCUT2D eigenvalue weighted by molar-refractivity contribution is -0.120. The monoisotopic (exact) mass is 425 g/mol. The number of thiophene rings is 1. The topological polar surface area (TPSA) is 61.4 Å². The average Bonchev–Trinajstić information content (AvgIpc) is 3.15. The second kappa shape index (κ2) is 8.42. The van der Waals surface area contributed by atoms with Gasteiger partial charge in [0.15, 0.2) is 0 Å². The van der Waals surface area contributed by atoms with Gasteiger partial charge in [0.1, 0.15) is 0 Å². The largest absolute Gasteiger partial charge is 0.360 e. The van der Waals surface area contributed by atoms with Crippen molar-refractivity contribution in [3.8, 4) is 0 Å². The molecule has 0 spiro atoms. The Morgan fingerprint density at radius 2 is 2.03 bits per heavy atom. The number of amides is 2. The Labute approximate surface area is 182 Å². The molecule has 0 radical (unpaired) electrons. The van der Waals surface area contributed by atoms with Crippen molar-refractivity contribution in [3.63, 3.8) is 0 Å². The van der Waals surface area contributed by atoms with Gasteiger partial charge in [-0.25, -0.2) is 0 Å². The number of piperazine rings is 1. The predicted molar refractivity (Wildman–Crippen MR) is 122 cm³/mol. The van der Waals surface area contributed by atoms with E-state index in [0.717, 1.165) is 35.5 Å². The summed E-state index contributed by atoms with van der Waals surface area (Å²) in [5.41, 5.74) is 3.78.